The topological polar surface area (TPSA) is 175 Å². The SMILES string of the molecule is CC/C=C/C=C/C=C\C=C/C=C/CCCCCC(=O)OC1C(OCC(NC(=O)C(O)CCCCCCCCCCCCCCCCCCCCCC)C(O)/C=C/CCCCCCCCCCCC)OC(CO)C(O)C1O. The Balaban J connectivity index is 2.68. The van der Waals surface area contributed by atoms with Gasteiger partial charge in [0, 0.05) is 6.42 Å². The molecule has 0 bridgehead atoms. The summed E-state index contributed by atoms with van der Waals surface area (Å²) in [6.07, 6.45) is 56.6. The highest BCUT2D eigenvalue weighted by Crippen LogP contribution is 2.26. The second-order valence-electron chi connectivity index (χ2n) is 21.5. The molecule has 0 spiro atoms. The van der Waals surface area contributed by atoms with Gasteiger partial charge in [-0.15, -0.1) is 0 Å². The van der Waals surface area contributed by atoms with Crippen molar-refractivity contribution in [2.24, 2.45) is 0 Å². The molecule has 0 radical (unpaired) electrons. The number of ether oxygens (including phenoxy) is 3. The number of allylic oxidation sites excluding steroid dienone is 11. The molecule has 1 amide bonds. The Morgan fingerprint density at radius 3 is 1.42 bits per heavy atom. The van der Waals surface area contributed by atoms with Crippen LogP contribution >= 0.6 is 0 Å². The first-order valence-electron chi connectivity index (χ1n) is 31.3. The van der Waals surface area contributed by atoms with Crippen LogP contribution in [0.25, 0.3) is 0 Å². The molecule has 1 aliphatic rings. The predicted octanol–water partition coefficient (Wildman–Crippen LogP) is 14.8. The van der Waals surface area contributed by atoms with E-state index in [1.54, 1.807) is 6.08 Å². The first-order chi connectivity index (χ1) is 37.2. The Hall–Kier alpha value is -2.90. The van der Waals surface area contributed by atoms with E-state index in [1.165, 1.54) is 154 Å². The van der Waals surface area contributed by atoms with Crippen LogP contribution in [0.3, 0.4) is 0 Å². The Kier molecular flexibility index (Phi) is 49.4. The second-order valence-corrected chi connectivity index (χ2v) is 21.5. The van der Waals surface area contributed by atoms with Gasteiger partial charge in [0.15, 0.2) is 12.4 Å². The van der Waals surface area contributed by atoms with Gasteiger partial charge < -0.3 is 45.1 Å². The van der Waals surface area contributed by atoms with Gasteiger partial charge in [-0.1, -0.05) is 286 Å². The third-order valence-electron chi connectivity index (χ3n) is 14.5. The molecule has 11 heteroatoms. The van der Waals surface area contributed by atoms with Crippen LogP contribution < -0.4 is 5.32 Å². The lowest BCUT2D eigenvalue weighted by Gasteiger charge is -2.41. The molecule has 0 aromatic rings. The fourth-order valence-corrected chi connectivity index (χ4v) is 9.56. The normalized spacial score (nSPS) is 19.6. The van der Waals surface area contributed by atoms with Crippen molar-refractivity contribution in [3.8, 4) is 0 Å². The van der Waals surface area contributed by atoms with Gasteiger partial charge in [0.05, 0.1) is 25.4 Å². The zero-order valence-corrected chi connectivity index (χ0v) is 48.6. The summed E-state index contributed by atoms with van der Waals surface area (Å²) in [5, 5.41) is 57.0. The number of amides is 1. The van der Waals surface area contributed by atoms with Gasteiger partial charge in [-0.25, -0.2) is 0 Å². The fraction of sp³-hybridized carbons (Fsp3) is 0.785. The maximum absolute atomic E-state index is 13.4. The van der Waals surface area contributed by atoms with E-state index in [4.69, 9.17) is 14.2 Å². The minimum absolute atomic E-state index is 0.0729. The molecule has 0 aromatic carbocycles. The van der Waals surface area contributed by atoms with Gasteiger partial charge >= 0.3 is 5.97 Å². The molecule has 76 heavy (non-hydrogen) atoms. The van der Waals surface area contributed by atoms with Crippen LogP contribution in [0.15, 0.2) is 72.9 Å². The Morgan fingerprint density at radius 1 is 0.526 bits per heavy atom. The third kappa shape index (κ3) is 40.3. The molecule has 1 fully saturated rings. The van der Waals surface area contributed by atoms with Gasteiger partial charge in [-0.2, -0.15) is 0 Å². The minimum atomic E-state index is -1.63. The third-order valence-corrected chi connectivity index (χ3v) is 14.5. The molecule has 0 aliphatic carbocycles. The van der Waals surface area contributed by atoms with Gasteiger partial charge in [-0.05, 0) is 44.9 Å². The number of aliphatic hydroxyl groups excluding tert-OH is 5. The molecule has 8 unspecified atom stereocenters. The first kappa shape index (κ1) is 71.1. The predicted molar refractivity (Wildman–Crippen MR) is 315 cm³/mol. The monoisotopic (exact) mass is 1070 g/mol. The molecule has 0 aromatic heterocycles. The molecular formula is C65H115NO10. The Bertz CT molecular complexity index is 1510. The summed E-state index contributed by atoms with van der Waals surface area (Å²) in [6, 6.07) is -1.03. The standard InChI is InChI=1S/C65H115NO10/c1-4-7-10-13-16-19-22-25-27-28-29-30-31-33-34-37-40-43-46-49-52-58(69)64(73)66-56(57(68)51-48-45-42-39-36-24-21-18-15-12-9-6-3)55-74-65-63(62(72)61(71)59(54-67)75-65)76-60(70)53-50-47-44-41-38-35-32-26-23-20-17-14-11-8-5-2/h8,11,14,17,20,23,26,32,35,38,48,51,56-59,61-63,65,67-69,71-72H,4-7,9-10,12-13,15-16,18-19,21-22,24-25,27-31,33-34,36-37,39-47,49-50,52-55H2,1-3H3,(H,66,73)/b11-8+,17-14+,23-20-,32-26-,38-35+,51-48+. The number of hydrogen-bond donors (Lipinski definition) is 6. The molecule has 1 rings (SSSR count). The van der Waals surface area contributed by atoms with E-state index in [2.05, 4.69) is 38.2 Å². The van der Waals surface area contributed by atoms with E-state index in [0.717, 1.165) is 64.2 Å². The Labute approximate surface area is 464 Å². The molecule has 1 saturated heterocycles. The van der Waals surface area contributed by atoms with Crippen LogP contribution in [0.1, 0.15) is 265 Å². The zero-order chi connectivity index (χ0) is 55.4. The van der Waals surface area contributed by atoms with Crippen LogP contribution in [0.5, 0.6) is 0 Å². The molecule has 8 atom stereocenters. The van der Waals surface area contributed by atoms with Crippen molar-refractivity contribution in [2.75, 3.05) is 13.2 Å². The van der Waals surface area contributed by atoms with E-state index < -0.39 is 67.4 Å². The minimum Gasteiger partial charge on any atom is -0.454 e. The lowest BCUT2D eigenvalue weighted by Crippen LogP contribution is -2.61. The van der Waals surface area contributed by atoms with E-state index in [0.29, 0.717) is 12.8 Å². The number of rotatable bonds is 52. The van der Waals surface area contributed by atoms with Crippen LogP contribution in [0.2, 0.25) is 0 Å². The van der Waals surface area contributed by atoms with Crippen LogP contribution in [-0.2, 0) is 23.8 Å². The quantitative estimate of drug-likeness (QED) is 0.0149. The number of esters is 1. The number of unbranched alkanes of at least 4 members (excludes halogenated alkanes) is 32. The van der Waals surface area contributed by atoms with E-state index in [1.807, 2.05) is 54.7 Å². The molecule has 440 valence electrons. The summed E-state index contributed by atoms with van der Waals surface area (Å²) in [5.41, 5.74) is 0. The summed E-state index contributed by atoms with van der Waals surface area (Å²) < 4.78 is 17.6. The van der Waals surface area contributed by atoms with E-state index >= 15 is 0 Å². The number of aliphatic hydroxyl groups is 5. The lowest BCUT2D eigenvalue weighted by molar-refractivity contribution is -0.305. The number of carbonyl (C=O) groups is 2. The smallest absolute Gasteiger partial charge is 0.306 e. The largest absolute Gasteiger partial charge is 0.454 e. The first-order valence-corrected chi connectivity index (χ1v) is 31.3. The van der Waals surface area contributed by atoms with Crippen molar-refractivity contribution >= 4 is 11.9 Å². The van der Waals surface area contributed by atoms with E-state index in [9.17, 15) is 35.1 Å². The summed E-state index contributed by atoms with van der Waals surface area (Å²) in [6.45, 7) is 5.63. The molecule has 6 N–H and O–H groups in total. The van der Waals surface area contributed by atoms with Crippen molar-refractivity contribution in [3.05, 3.63) is 72.9 Å². The van der Waals surface area contributed by atoms with Crippen molar-refractivity contribution in [2.45, 2.75) is 314 Å². The second kappa shape index (κ2) is 52.8. The number of nitrogens with one attached hydrogen (secondary N) is 1. The maximum Gasteiger partial charge on any atom is 0.306 e. The van der Waals surface area contributed by atoms with Gasteiger partial charge in [0.1, 0.15) is 24.4 Å². The summed E-state index contributed by atoms with van der Waals surface area (Å²) in [5.74, 6) is -1.23. The zero-order valence-electron chi connectivity index (χ0n) is 48.6. The average Bonchev–Trinajstić information content (AvgIpc) is 3.42. The summed E-state index contributed by atoms with van der Waals surface area (Å²) in [7, 11) is 0. The fourth-order valence-electron chi connectivity index (χ4n) is 9.56. The molecular weight excluding hydrogens is 955 g/mol. The van der Waals surface area contributed by atoms with E-state index in [-0.39, 0.29) is 19.4 Å². The van der Waals surface area contributed by atoms with Gasteiger partial charge in [0.2, 0.25) is 5.91 Å². The average molecular weight is 1070 g/mol. The lowest BCUT2D eigenvalue weighted by atomic mass is 9.99. The van der Waals surface area contributed by atoms with Crippen molar-refractivity contribution < 1.29 is 49.3 Å². The molecule has 11 nitrogen and oxygen atoms in total. The summed E-state index contributed by atoms with van der Waals surface area (Å²) >= 11 is 0. The Morgan fingerprint density at radius 2 is 0.947 bits per heavy atom. The van der Waals surface area contributed by atoms with Crippen LogP contribution in [-0.4, -0.2) is 99.6 Å². The maximum atomic E-state index is 13.4. The molecule has 1 heterocycles. The number of hydrogen-bond acceptors (Lipinski definition) is 10. The van der Waals surface area contributed by atoms with Crippen LogP contribution in [0, 0.1) is 0 Å². The highest BCUT2D eigenvalue weighted by atomic mass is 16.7. The molecule has 0 saturated carbocycles. The summed E-state index contributed by atoms with van der Waals surface area (Å²) in [4.78, 5) is 26.5. The van der Waals surface area contributed by atoms with Gasteiger partial charge in [-0.3, -0.25) is 9.59 Å². The number of carbonyl (C=O) groups excluding carboxylic acids is 2. The highest BCUT2D eigenvalue weighted by molar-refractivity contribution is 5.80. The van der Waals surface area contributed by atoms with Crippen molar-refractivity contribution in [3.63, 3.8) is 0 Å². The van der Waals surface area contributed by atoms with Crippen molar-refractivity contribution in [1.29, 1.82) is 0 Å². The van der Waals surface area contributed by atoms with Gasteiger partial charge in [0.25, 0.3) is 0 Å². The molecule has 1 aliphatic heterocycles. The van der Waals surface area contributed by atoms with Crippen molar-refractivity contribution in [1.82, 2.24) is 5.32 Å². The highest BCUT2D eigenvalue weighted by Gasteiger charge is 2.47. The van der Waals surface area contributed by atoms with Crippen LogP contribution in [0.4, 0.5) is 0 Å².